The van der Waals surface area contributed by atoms with Gasteiger partial charge in [0.15, 0.2) is 0 Å². The summed E-state index contributed by atoms with van der Waals surface area (Å²) in [5, 5.41) is 17.4. The van der Waals surface area contributed by atoms with Gasteiger partial charge >= 0.3 is 6.03 Å². The van der Waals surface area contributed by atoms with Crippen LogP contribution in [0.25, 0.3) is 0 Å². The first-order valence-electron chi connectivity index (χ1n) is 6.50. The Morgan fingerprint density at radius 1 is 1.33 bits per heavy atom. The molecule has 1 aliphatic rings. The molecule has 1 atom stereocenters. The van der Waals surface area contributed by atoms with Crippen molar-refractivity contribution in [3.8, 4) is 0 Å². The minimum absolute atomic E-state index is 0.0196. The van der Waals surface area contributed by atoms with Crippen LogP contribution in [0.5, 0.6) is 0 Å². The molecule has 0 aromatic heterocycles. The van der Waals surface area contributed by atoms with E-state index in [0.717, 1.165) is 25.7 Å². The van der Waals surface area contributed by atoms with Gasteiger partial charge in [0.05, 0.1) is 12.6 Å². The molecule has 0 aliphatic heterocycles. The second-order valence-corrected chi connectivity index (χ2v) is 4.86. The topological polar surface area (TPSA) is 90.5 Å². The van der Waals surface area contributed by atoms with Crippen molar-refractivity contribution >= 4 is 11.9 Å². The molecule has 18 heavy (non-hydrogen) atoms. The number of carbonyl (C=O) groups is 2. The Labute approximate surface area is 108 Å². The summed E-state index contributed by atoms with van der Waals surface area (Å²) in [5.74, 6) is -0.374. The van der Waals surface area contributed by atoms with Crippen molar-refractivity contribution in [1.82, 2.24) is 16.0 Å². The van der Waals surface area contributed by atoms with E-state index >= 15 is 0 Å². The Morgan fingerprint density at radius 3 is 2.44 bits per heavy atom. The van der Waals surface area contributed by atoms with Gasteiger partial charge in [-0.1, -0.05) is 12.8 Å². The van der Waals surface area contributed by atoms with Crippen molar-refractivity contribution in [2.75, 3.05) is 13.2 Å². The number of rotatable bonds is 5. The van der Waals surface area contributed by atoms with Crippen LogP contribution in [-0.2, 0) is 4.79 Å². The Hall–Kier alpha value is -1.14. The van der Waals surface area contributed by atoms with Crippen LogP contribution in [0, 0.1) is 0 Å². The van der Waals surface area contributed by atoms with E-state index in [4.69, 9.17) is 0 Å². The van der Waals surface area contributed by atoms with E-state index in [0.29, 0.717) is 6.54 Å². The Balaban J connectivity index is 2.46. The van der Waals surface area contributed by atoms with E-state index in [2.05, 4.69) is 16.0 Å². The summed E-state index contributed by atoms with van der Waals surface area (Å²) >= 11 is 0. The average Bonchev–Trinajstić information content (AvgIpc) is 2.78. The highest BCUT2D eigenvalue weighted by Crippen LogP contribution is 2.29. The molecular formula is C12H23N3O3. The van der Waals surface area contributed by atoms with Gasteiger partial charge in [0.2, 0.25) is 5.91 Å². The van der Waals surface area contributed by atoms with Gasteiger partial charge in [-0.2, -0.15) is 0 Å². The van der Waals surface area contributed by atoms with Crippen molar-refractivity contribution in [3.05, 3.63) is 0 Å². The molecule has 1 saturated carbocycles. The Morgan fingerprint density at radius 2 is 1.94 bits per heavy atom. The second-order valence-electron chi connectivity index (χ2n) is 4.86. The predicted octanol–water partition coefficient (Wildman–Crippen LogP) is 0.115. The molecule has 1 aliphatic carbocycles. The molecule has 0 aromatic rings. The zero-order chi connectivity index (χ0) is 13.6. The van der Waals surface area contributed by atoms with Crippen LogP contribution in [0.2, 0.25) is 0 Å². The maximum Gasteiger partial charge on any atom is 0.321 e. The molecule has 1 unspecified atom stereocenters. The summed E-state index contributed by atoms with van der Waals surface area (Å²) < 4.78 is 0. The highest BCUT2D eigenvalue weighted by Gasteiger charge is 2.35. The lowest BCUT2D eigenvalue weighted by Gasteiger charge is -2.31. The normalized spacial score (nSPS) is 19.3. The first kappa shape index (κ1) is 14.9. The summed E-state index contributed by atoms with van der Waals surface area (Å²) in [6, 6.07) is -0.988. The average molecular weight is 257 g/mol. The molecule has 0 heterocycles. The SMILES string of the molecule is CCNC(=O)NC(=O)C(C)NC1(CO)CCCC1. The van der Waals surface area contributed by atoms with Crippen LogP contribution >= 0.6 is 0 Å². The van der Waals surface area contributed by atoms with E-state index in [1.807, 2.05) is 0 Å². The summed E-state index contributed by atoms with van der Waals surface area (Å²) in [4.78, 5) is 23.0. The quantitative estimate of drug-likeness (QED) is 0.563. The molecule has 6 heteroatoms. The molecule has 0 spiro atoms. The van der Waals surface area contributed by atoms with Crippen LogP contribution in [-0.4, -0.2) is 41.8 Å². The zero-order valence-electron chi connectivity index (χ0n) is 11.1. The molecule has 0 radical (unpaired) electrons. The lowest BCUT2D eigenvalue weighted by atomic mass is 9.97. The molecule has 6 nitrogen and oxygen atoms in total. The monoisotopic (exact) mass is 257 g/mol. The van der Waals surface area contributed by atoms with E-state index in [1.54, 1.807) is 13.8 Å². The number of amides is 3. The van der Waals surface area contributed by atoms with Gasteiger partial charge in [0, 0.05) is 12.1 Å². The molecule has 104 valence electrons. The minimum Gasteiger partial charge on any atom is -0.394 e. The minimum atomic E-state index is -0.502. The molecule has 0 aromatic carbocycles. The van der Waals surface area contributed by atoms with Crippen LogP contribution in [0.4, 0.5) is 4.79 Å². The number of nitrogens with one attached hydrogen (secondary N) is 3. The van der Waals surface area contributed by atoms with Gasteiger partial charge in [0.1, 0.15) is 0 Å². The Bertz CT molecular complexity index is 301. The third-order valence-electron chi connectivity index (χ3n) is 3.35. The van der Waals surface area contributed by atoms with E-state index < -0.39 is 12.1 Å². The van der Waals surface area contributed by atoms with Gasteiger partial charge in [0.25, 0.3) is 0 Å². The molecule has 3 amide bonds. The fourth-order valence-electron chi connectivity index (χ4n) is 2.35. The second kappa shape index (κ2) is 6.70. The van der Waals surface area contributed by atoms with E-state index in [-0.39, 0.29) is 18.1 Å². The van der Waals surface area contributed by atoms with Gasteiger partial charge in [-0.05, 0) is 26.7 Å². The van der Waals surface area contributed by atoms with Gasteiger partial charge in [-0.15, -0.1) is 0 Å². The number of hydrogen-bond donors (Lipinski definition) is 4. The van der Waals surface area contributed by atoms with Crippen molar-refractivity contribution < 1.29 is 14.7 Å². The lowest BCUT2D eigenvalue weighted by Crippen LogP contribution is -2.56. The molecule has 1 rings (SSSR count). The molecular weight excluding hydrogens is 234 g/mol. The highest BCUT2D eigenvalue weighted by atomic mass is 16.3. The zero-order valence-corrected chi connectivity index (χ0v) is 11.1. The first-order valence-corrected chi connectivity index (χ1v) is 6.50. The fourth-order valence-corrected chi connectivity index (χ4v) is 2.35. The number of carbonyl (C=O) groups excluding carboxylic acids is 2. The largest absolute Gasteiger partial charge is 0.394 e. The fraction of sp³-hybridized carbons (Fsp3) is 0.833. The summed E-state index contributed by atoms with van der Waals surface area (Å²) in [7, 11) is 0. The number of imide groups is 1. The van der Waals surface area contributed by atoms with Crippen LogP contribution in [0.15, 0.2) is 0 Å². The summed E-state index contributed by atoms with van der Waals surface area (Å²) in [6.45, 7) is 3.97. The molecule has 1 fully saturated rings. The number of urea groups is 1. The van der Waals surface area contributed by atoms with Crippen molar-refractivity contribution in [1.29, 1.82) is 0 Å². The van der Waals surface area contributed by atoms with E-state index in [1.165, 1.54) is 0 Å². The van der Waals surface area contributed by atoms with Crippen molar-refractivity contribution in [2.45, 2.75) is 51.1 Å². The number of aliphatic hydroxyl groups excluding tert-OH is 1. The van der Waals surface area contributed by atoms with Gasteiger partial charge in [-0.3, -0.25) is 15.4 Å². The maximum absolute atomic E-state index is 11.8. The first-order chi connectivity index (χ1) is 8.53. The van der Waals surface area contributed by atoms with Crippen molar-refractivity contribution in [3.63, 3.8) is 0 Å². The number of aliphatic hydroxyl groups is 1. The number of hydrogen-bond acceptors (Lipinski definition) is 4. The smallest absolute Gasteiger partial charge is 0.321 e. The van der Waals surface area contributed by atoms with Crippen molar-refractivity contribution in [2.24, 2.45) is 0 Å². The standard InChI is InChI=1S/C12H23N3O3/c1-3-13-11(18)14-10(17)9(2)15-12(8-16)6-4-5-7-12/h9,15-16H,3-8H2,1-2H3,(H2,13,14,17,18). The van der Waals surface area contributed by atoms with E-state index in [9.17, 15) is 14.7 Å². The third-order valence-corrected chi connectivity index (χ3v) is 3.35. The Kier molecular flexibility index (Phi) is 5.55. The summed E-state index contributed by atoms with van der Waals surface area (Å²) in [5.41, 5.74) is -0.363. The lowest BCUT2D eigenvalue weighted by molar-refractivity contribution is -0.122. The van der Waals surface area contributed by atoms with Gasteiger partial charge < -0.3 is 10.4 Å². The summed E-state index contributed by atoms with van der Waals surface area (Å²) in [6.07, 6.45) is 3.83. The molecule has 0 bridgehead atoms. The maximum atomic E-state index is 11.8. The highest BCUT2D eigenvalue weighted by molar-refractivity contribution is 5.96. The molecule has 0 saturated heterocycles. The van der Waals surface area contributed by atoms with Crippen LogP contribution < -0.4 is 16.0 Å². The predicted molar refractivity (Wildman–Crippen MR) is 68.1 cm³/mol. The third kappa shape index (κ3) is 3.96. The van der Waals surface area contributed by atoms with Gasteiger partial charge in [-0.25, -0.2) is 4.79 Å². The van der Waals surface area contributed by atoms with Crippen LogP contribution in [0.3, 0.4) is 0 Å². The van der Waals surface area contributed by atoms with Crippen LogP contribution in [0.1, 0.15) is 39.5 Å². The molecule has 4 N–H and O–H groups in total.